The zero-order chi connectivity index (χ0) is 25.1. The summed E-state index contributed by atoms with van der Waals surface area (Å²) in [5.41, 5.74) is 1.06. The van der Waals surface area contributed by atoms with Crippen LogP contribution in [0.5, 0.6) is 5.75 Å². The molecule has 11 nitrogen and oxygen atoms in total. The van der Waals surface area contributed by atoms with Crippen LogP contribution < -0.4 is 31.1 Å². The number of ether oxygens (including phenoxy) is 1. The number of amides is 1. The molecule has 4 rings (SSSR count). The number of nitrogens with one attached hydrogen (secondary N) is 3. The second kappa shape index (κ2) is 10.5. The lowest BCUT2D eigenvalue weighted by Gasteiger charge is -2.37. The van der Waals surface area contributed by atoms with E-state index in [-0.39, 0.29) is 42.5 Å². The largest absolute Gasteiger partial charge is 0.478 e. The van der Waals surface area contributed by atoms with Gasteiger partial charge in [0, 0.05) is 50.3 Å². The summed E-state index contributed by atoms with van der Waals surface area (Å²) < 4.78 is 6.90. The molecule has 3 aromatic rings. The third kappa shape index (κ3) is 5.47. The molecule has 1 aromatic carbocycles. The molecule has 2 aromatic heterocycles. The summed E-state index contributed by atoms with van der Waals surface area (Å²) in [6.07, 6.45) is 1.54. The Labute approximate surface area is 207 Å². The van der Waals surface area contributed by atoms with Crippen molar-refractivity contribution in [1.29, 1.82) is 0 Å². The summed E-state index contributed by atoms with van der Waals surface area (Å²) in [4.78, 5) is 35.1. The van der Waals surface area contributed by atoms with E-state index in [9.17, 15) is 14.7 Å². The molecule has 12 heteroatoms. The fraction of sp³-hybridized carbons (Fsp3) is 0.391. The summed E-state index contributed by atoms with van der Waals surface area (Å²) in [5.74, 6) is 0.691. The summed E-state index contributed by atoms with van der Waals surface area (Å²) in [6.45, 7) is 3.08. The van der Waals surface area contributed by atoms with E-state index in [1.54, 1.807) is 25.4 Å². The van der Waals surface area contributed by atoms with Crippen LogP contribution in [0.2, 0.25) is 5.02 Å². The lowest BCUT2D eigenvalue weighted by molar-refractivity contribution is -0.122. The van der Waals surface area contributed by atoms with Gasteiger partial charge < -0.3 is 35.3 Å². The van der Waals surface area contributed by atoms with Crippen molar-refractivity contribution in [2.45, 2.75) is 19.0 Å². The Morgan fingerprint density at radius 1 is 1.34 bits per heavy atom. The Hall–Kier alpha value is -3.41. The molecule has 0 spiro atoms. The normalized spacial score (nSPS) is 17.9. The van der Waals surface area contributed by atoms with Gasteiger partial charge >= 0.3 is 0 Å². The smallest absolute Gasteiger partial charge is 0.293 e. The van der Waals surface area contributed by atoms with Gasteiger partial charge in [-0.25, -0.2) is 4.98 Å². The van der Waals surface area contributed by atoms with E-state index in [4.69, 9.17) is 16.3 Å². The maximum absolute atomic E-state index is 12.6. The van der Waals surface area contributed by atoms with Crippen molar-refractivity contribution in [3.63, 3.8) is 0 Å². The van der Waals surface area contributed by atoms with Gasteiger partial charge in [0.15, 0.2) is 18.2 Å². The summed E-state index contributed by atoms with van der Waals surface area (Å²) >= 11 is 6.38. The van der Waals surface area contributed by atoms with Gasteiger partial charge in [-0.1, -0.05) is 11.6 Å². The number of hydrogen-bond acceptors (Lipinski definition) is 9. The fourth-order valence-electron chi connectivity index (χ4n) is 4.04. The van der Waals surface area contributed by atoms with Crippen LogP contribution in [0.25, 0.3) is 10.9 Å². The predicted octanol–water partition coefficient (Wildman–Crippen LogP) is 1.01. The number of aliphatic hydroxyl groups excluding tert-OH is 1. The Bertz CT molecular complexity index is 1300. The topological polar surface area (TPSA) is 134 Å². The Balaban J connectivity index is 1.61. The van der Waals surface area contributed by atoms with Gasteiger partial charge in [-0.05, 0) is 31.2 Å². The third-order valence-electron chi connectivity index (χ3n) is 5.78. The SMILES string of the molecule is CNC(=O)COc1cc2cc(Nc3nc(N4CC(CO)N[C@H](C)C4)ncc3Cl)ccc2n(C)c1=O. The van der Waals surface area contributed by atoms with Gasteiger partial charge in [0.2, 0.25) is 5.95 Å². The molecule has 0 aliphatic carbocycles. The van der Waals surface area contributed by atoms with Gasteiger partial charge in [0.05, 0.1) is 18.3 Å². The molecule has 0 bridgehead atoms. The minimum absolute atomic E-state index is 0.0218. The Morgan fingerprint density at radius 2 is 2.14 bits per heavy atom. The molecule has 35 heavy (non-hydrogen) atoms. The van der Waals surface area contributed by atoms with Crippen LogP contribution in [-0.4, -0.2) is 71.0 Å². The standard InChI is InChI=1S/C23H28ClN7O4/c1-13-9-31(10-16(11-32)27-13)23-26-8-17(24)21(29-23)28-15-4-5-18-14(6-15)7-19(22(34)30(18)3)35-12-20(33)25-2/h4-8,13,16,27,32H,9-12H2,1-3H3,(H,25,33)(H,26,28,29)/t13-,16?/m1/s1. The molecule has 0 saturated carbocycles. The maximum Gasteiger partial charge on any atom is 0.293 e. The molecule has 2 atom stereocenters. The number of nitrogens with zero attached hydrogens (tertiary/aromatic N) is 4. The van der Waals surface area contributed by atoms with E-state index in [2.05, 4.69) is 25.9 Å². The van der Waals surface area contributed by atoms with E-state index < -0.39 is 0 Å². The molecule has 3 heterocycles. The predicted molar refractivity (Wildman–Crippen MR) is 135 cm³/mol. The summed E-state index contributed by atoms with van der Waals surface area (Å²) in [7, 11) is 3.14. The first-order valence-corrected chi connectivity index (χ1v) is 11.6. The second-order valence-electron chi connectivity index (χ2n) is 8.45. The van der Waals surface area contributed by atoms with E-state index in [0.29, 0.717) is 41.1 Å². The molecular weight excluding hydrogens is 474 g/mol. The van der Waals surface area contributed by atoms with Crippen LogP contribution >= 0.6 is 11.6 Å². The number of piperazine rings is 1. The number of carbonyl (C=O) groups is 1. The molecule has 1 aliphatic rings. The monoisotopic (exact) mass is 501 g/mol. The number of fused-ring (bicyclic) bond motifs is 1. The summed E-state index contributed by atoms with van der Waals surface area (Å²) in [5, 5.41) is 19.7. The molecule has 0 radical (unpaired) electrons. The first kappa shape index (κ1) is 24.7. The third-order valence-corrected chi connectivity index (χ3v) is 6.06. The number of hydrogen-bond donors (Lipinski definition) is 4. The van der Waals surface area contributed by atoms with Crippen LogP contribution in [0.4, 0.5) is 17.5 Å². The zero-order valence-corrected chi connectivity index (χ0v) is 20.5. The molecular formula is C23H28ClN7O4. The van der Waals surface area contributed by atoms with Gasteiger partial charge in [-0.2, -0.15) is 4.98 Å². The first-order valence-electron chi connectivity index (χ1n) is 11.2. The van der Waals surface area contributed by atoms with E-state index in [1.807, 2.05) is 24.0 Å². The Morgan fingerprint density at radius 3 is 2.89 bits per heavy atom. The van der Waals surface area contributed by atoms with E-state index >= 15 is 0 Å². The Kier molecular flexibility index (Phi) is 7.39. The lowest BCUT2D eigenvalue weighted by atomic mass is 10.1. The van der Waals surface area contributed by atoms with Crippen molar-refractivity contribution < 1.29 is 14.6 Å². The van der Waals surface area contributed by atoms with Gasteiger partial charge in [-0.15, -0.1) is 0 Å². The number of benzene rings is 1. The van der Waals surface area contributed by atoms with E-state index in [0.717, 1.165) is 5.39 Å². The van der Waals surface area contributed by atoms with Crippen molar-refractivity contribution in [1.82, 2.24) is 25.2 Å². The highest BCUT2D eigenvalue weighted by Crippen LogP contribution is 2.28. The number of pyridine rings is 1. The van der Waals surface area contributed by atoms with Crippen molar-refractivity contribution in [3.8, 4) is 5.75 Å². The molecule has 1 saturated heterocycles. The van der Waals surface area contributed by atoms with Crippen molar-refractivity contribution in [2.75, 3.05) is 43.6 Å². The highest BCUT2D eigenvalue weighted by molar-refractivity contribution is 6.32. The lowest BCUT2D eigenvalue weighted by Crippen LogP contribution is -2.57. The molecule has 1 amide bonds. The molecule has 186 valence electrons. The number of aryl methyl sites for hydroxylation is 1. The van der Waals surface area contributed by atoms with Crippen LogP contribution in [0.1, 0.15) is 6.92 Å². The highest BCUT2D eigenvalue weighted by atomic mass is 35.5. The van der Waals surface area contributed by atoms with Gasteiger partial charge in [0.25, 0.3) is 11.5 Å². The fourth-order valence-corrected chi connectivity index (χ4v) is 4.18. The van der Waals surface area contributed by atoms with E-state index in [1.165, 1.54) is 11.6 Å². The van der Waals surface area contributed by atoms with Crippen LogP contribution in [0.3, 0.4) is 0 Å². The molecule has 1 unspecified atom stereocenters. The van der Waals surface area contributed by atoms with Crippen LogP contribution in [-0.2, 0) is 11.8 Å². The minimum Gasteiger partial charge on any atom is -0.478 e. The quantitative estimate of drug-likeness (QED) is 0.374. The second-order valence-corrected chi connectivity index (χ2v) is 8.86. The molecule has 4 N–H and O–H groups in total. The number of carbonyl (C=O) groups excluding carboxylic acids is 1. The maximum atomic E-state index is 12.6. The van der Waals surface area contributed by atoms with Gasteiger partial charge in [-0.3, -0.25) is 9.59 Å². The van der Waals surface area contributed by atoms with Crippen molar-refractivity contribution >= 4 is 45.9 Å². The van der Waals surface area contributed by atoms with Crippen molar-refractivity contribution in [2.24, 2.45) is 7.05 Å². The number of anilines is 3. The average Bonchev–Trinajstić information content (AvgIpc) is 2.85. The number of aliphatic hydroxyl groups is 1. The number of halogens is 1. The average molecular weight is 502 g/mol. The number of aromatic nitrogens is 3. The number of rotatable bonds is 7. The highest BCUT2D eigenvalue weighted by Gasteiger charge is 2.25. The first-order chi connectivity index (χ1) is 16.8. The minimum atomic E-state index is -0.336. The molecule has 1 fully saturated rings. The zero-order valence-electron chi connectivity index (χ0n) is 19.7. The summed E-state index contributed by atoms with van der Waals surface area (Å²) in [6, 6.07) is 7.18. The molecule has 1 aliphatic heterocycles. The van der Waals surface area contributed by atoms with Crippen LogP contribution in [0, 0.1) is 0 Å². The van der Waals surface area contributed by atoms with Crippen molar-refractivity contribution in [3.05, 3.63) is 45.8 Å². The van der Waals surface area contributed by atoms with Gasteiger partial charge in [0.1, 0.15) is 5.02 Å². The van der Waals surface area contributed by atoms with Crippen LogP contribution in [0.15, 0.2) is 35.3 Å². The number of likely N-dealkylation sites (N-methyl/N-ethyl adjacent to an activating group) is 1.